The van der Waals surface area contributed by atoms with Gasteiger partial charge in [0.1, 0.15) is 0 Å². The number of halogens is 3. The fourth-order valence-electron chi connectivity index (χ4n) is 3.10. The van der Waals surface area contributed by atoms with Crippen LogP contribution in [0.15, 0.2) is 18.2 Å². The molecule has 2 N–H and O–H groups in total. The van der Waals surface area contributed by atoms with Crippen LogP contribution in [0.25, 0.3) is 0 Å². The van der Waals surface area contributed by atoms with Crippen LogP contribution in [-0.2, 0) is 10.9 Å². The fourth-order valence-corrected chi connectivity index (χ4v) is 3.10. The summed E-state index contributed by atoms with van der Waals surface area (Å²) < 4.78 is 43.7. The van der Waals surface area contributed by atoms with Crippen molar-refractivity contribution in [1.29, 1.82) is 0 Å². The number of alkyl halides is 3. The van der Waals surface area contributed by atoms with Crippen molar-refractivity contribution in [2.45, 2.75) is 50.4 Å². The zero-order valence-corrected chi connectivity index (χ0v) is 11.8. The molecule has 1 saturated carbocycles. The third kappa shape index (κ3) is 2.69. The van der Waals surface area contributed by atoms with Crippen molar-refractivity contribution in [3.63, 3.8) is 0 Å². The van der Waals surface area contributed by atoms with Gasteiger partial charge in [-0.25, -0.2) is 0 Å². The molecule has 5 heteroatoms. The van der Waals surface area contributed by atoms with E-state index < -0.39 is 23.4 Å². The van der Waals surface area contributed by atoms with Crippen LogP contribution in [0.3, 0.4) is 0 Å². The first-order valence-electron chi connectivity index (χ1n) is 6.79. The molecule has 0 aromatic heterocycles. The predicted octanol–water partition coefficient (Wildman–Crippen LogP) is 3.97. The zero-order chi connectivity index (χ0) is 15.0. The maximum atomic E-state index is 12.7. The third-order valence-corrected chi connectivity index (χ3v) is 4.36. The topological polar surface area (TPSA) is 35.2 Å². The van der Waals surface area contributed by atoms with E-state index in [-0.39, 0.29) is 0 Å². The van der Waals surface area contributed by atoms with E-state index in [4.69, 9.17) is 10.5 Å². The SMILES string of the molecule is COC1(C(N)c2ccc(C(F)(F)F)cc2C)CCCC1. The summed E-state index contributed by atoms with van der Waals surface area (Å²) in [6.07, 6.45) is -0.529. The molecule has 0 spiro atoms. The van der Waals surface area contributed by atoms with Gasteiger partial charge in [-0.05, 0) is 43.0 Å². The minimum absolute atomic E-state index is 0.391. The summed E-state index contributed by atoms with van der Waals surface area (Å²) in [6.45, 7) is 1.67. The van der Waals surface area contributed by atoms with Crippen LogP contribution in [0, 0.1) is 6.92 Å². The molecular formula is C15H20F3NO. The van der Waals surface area contributed by atoms with Gasteiger partial charge in [0.2, 0.25) is 0 Å². The van der Waals surface area contributed by atoms with E-state index in [0.717, 1.165) is 43.4 Å². The Balaban J connectivity index is 2.33. The summed E-state index contributed by atoms with van der Waals surface area (Å²) >= 11 is 0. The summed E-state index contributed by atoms with van der Waals surface area (Å²) in [7, 11) is 1.63. The highest BCUT2D eigenvalue weighted by molar-refractivity contribution is 5.36. The molecular weight excluding hydrogens is 267 g/mol. The van der Waals surface area contributed by atoms with Crippen molar-refractivity contribution in [2.24, 2.45) is 5.73 Å². The zero-order valence-electron chi connectivity index (χ0n) is 11.8. The van der Waals surface area contributed by atoms with Gasteiger partial charge >= 0.3 is 6.18 Å². The van der Waals surface area contributed by atoms with Crippen molar-refractivity contribution in [2.75, 3.05) is 7.11 Å². The first-order valence-corrected chi connectivity index (χ1v) is 6.79. The lowest BCUT2D eigenvalue weighted by molar-refractivity contribution is -0.137. The first-order chi connectivity index (χ1) is 9.30. The number of hydrogen-bond donors (Lipinski definition) is 1. The van der Waals surface area contributed by atoms with Crippen molar-refractivity contribution in [1.82, 2.24) is 0 Å². The third-order valence-electron chi connectivity index (χ3n) is 4.36. The first kappa shape index (κ1) is 15.3. The molecule has 0 amide bonds. The Bertz CT molecular complexity index is 478. The maximum absolute atomic E-state index is 12.7. The minimum atomic E-state index is -4.32. The second kappa shape index (κ2) is 5.37. The van der Waals surface area contributed by atoms with E-state index in [1.165, 1.54) is 6.07 Å². The van der Waals surface area contributed by atoms with Crippen molar-refractivity contribution >= 4 is 0 Å². The Morgan fingerprint density at radius 3 is 2.30 bits per heavy atom. The smallest absolute Gasteiger partial charge is 0.376 e. The van der Waals surface area contributed by atoms with Crippen LogP contribution in [0.1, 0.15) is 48.4 Å². The summed E-state index contributed by atoms with van der Waals surface area (Å²) in [6, 6.07) is 3.35. The highest BCUT2D eigenvalue weighted by Gasteiger charge is 2.41. The highest BCUT2D eigenvalue weighted by atomic mass is 19.4. The van der Waals surface area contributed by atoms with Crippen molar-refractivity contribution in [3.05, 3.63) is 34.9 Å². The number of rotatable bonds is 3. The molecule has 112 valence electrons. The quantitative estimate of drug-likeness (QED) is 0.913. The molecule has 1 aliphatic carbocycles. The van der Waals surface area contributed by atoms with E-state index in [2.05, 4.69) is 0 Å². The number of aryl methyl sites for hydroxylation is 1. The second-order valence-corrected chi connectivity index (χ2v) is 5.52. The average molecular weight is 287 g/mol. The van der Waals surface area contributed by atoms with Crippen LogP contribution in [0.4, 0.5) is 13.2 Å². The maximum Gasteiger partial charge on any atom is 0.416 e. The summed E-state index contributed by atoms with van der Waals surface area (Å²) in [5.74, 6) is 0. The number of nitrogens with two attached hydrogens (primary N) is 1. The Kier molecular flexibility index (Phi) is 4.12. The van der Waals surface area contributed by atoms with Gasteiger partial charge in [0.25, 0.3) is 0 Å². The summed E-state index contributed by atoms with van der Waals surface area (Å²) in [5, 5.41) is 0. The molecule has 0 heterocycles. The molecule has 1 aromatic rings. The van der Waals surface area contributed by atoms with Crippen LogP contribution in [0.5, 0.6) is 0 Å². The molecule has 1 aliphatic rings. The van der Waals surface area contributed by atoms with Gasteiger partial charge in [0, 0.05) is 7.11 Å². The standard InChI is InChI=1S/C15H20F3NO/c1-10-9-11(15(16,17)18)5-6-12(10)13(19)14(20-2)7-3-4-8-14/h5-6,9,13H,3-4,7-8,19H2,1-2H3. The number of hydrogen-bond acceptors (Lipinski definition) is 2. The molecule has 2 nitrogen and oxygen atoms in total. The van der Waals surface area contributed by atoms with Crippen LogP contribution < -0.4 is 5.73 Å². The van der Waals surface area contributed by atoms with Gasteiger partial charge in [0.15, 0.2) is 0 Å². The van der Waals surface area contributed by atoms with Gasteiger partial charge in [-0.15, -0.1) is 0 Å². The van der Waals surface area contributed by atoms with Crippen LogP contribution in [0.2, 0.25) is 0 Å². The number of ether oxygens (including phenoxy) is 1. The minimum Gasteiger partial charge on any atom is -0.376 e. The van der Waals surface area contributed by atoms with Gasteiger partial charge in [-0.3, -0.25) is 0 Å². The molecule has 0 aliphatic heterocycles. The van der Waals surface area contributed by atoms with Gasteiger partial charge in [-0.2, -0.15) is 13.2 Å². The Morgan fingerprint density at radius 1 is 1.25 bits per heavy atom. The van der Waals surface area contributed by atoms with Crippen LogP contribution >= 0.6 is 0 Å². The fraction of sp³-hybridized carbons (Fsp3) is 0.600. The largest absolute Gasteiger partial charge is 0.416 e. The van der Waals surface area contributed by atoms with Crippen LogP contribution in [-0.4, -0.2) is 12.7 Å². The second-order valence-electron chi connectivity index (χ2n) is 5.52. The predicted molar refractivity (Wildman–Crippen MR) is 71.3 cm³/mol. The Labute approximate surface area is 117 Å². The van der Waals surface area contributed by atoms with Crippen molar-refractivity contribution in [3.8, 4) is 0 Å². The Hall–Kier alpha value is -1.07. The number of benzene rings is 1. The lowest BCUT2D eigenvalue weighted by atomic mass is 9.85. The van der Waals surface area contributed by atoms with E-state index in [1.807, 2.05) is 0 Å². The summed E-state index contributed by atoms with van der Waals surface area (Å²) in [4.78, 5) is 0. The van der Waals surface area contributed by atoms with E-state index in [0.29, 0.717) is 5.56 Å². The Morgan fingerprint density at radius 2 is 1.85 bits per heavy atom. The lowest BCUT2D eigenvalue weighted by Crippen LogP contribution is -2.40. The molecule has 1 atom stereocenters. The van der Waals surface area contributed by atoms with E-state index >= 15 is 0 Å². The van der Waals surface area contributed by atoms with Gasteiger partial charge < -0.3 is 10.5 Å². The van der Waals surface area contributed by atoms with E-state index in [9.17, 15) is 13.2 Å². The molecule has 2 rings (SSSR count). The van der Waals surface area contributed by atoms with Gasteiger partial charge in [-0.1, -0.05) is 18.9 Å². The molecule has 1 unspecified atom stereocenters. The molecule has 1 fully saturated rings. The normalized spacial score (nSPS) is 20.1. The summed E-state index contributed by atoms with van der Waals surface area (Å²) in [5.41, 5.74) is 6.53. The van der Waals surface area contributed by atoms with Crippen molar-refractivity contribution < 1.29 is 17.9 Å². The lowest BCUT2D eigenvalue weighted by Gasteiger charge is -2.35. The molecule has 1 aromatic carbocycles. The average Bonchev–Trinajstić information content (AvgIpc) is 2.86. The van der Waals surface area contributed by atoms with Gasteiger partial charge in [0.05, 0.1) is 17.2 Å². The highest BCUT2D eigenvalue weighted by Crippen LogP contribution is 2.42. The monoisotopic (exact) mass is 287 g/mol. The molecule has 20 heavy (non-hydrogen) atoms. The number of methoxy groups -OCH3 is 1. The van der Waals surface area contributed by atoms with E-state index in [1.54, 1.807) is 14.0 Å². The molecule has 0 saturated heterocycles. The molecule has 0 bridgehead atoms. The molecule has 0 radical (unpaired) electrons.